The lowest BCUT2D eigenvalue weighted by molar-refractivity contribution is 0.0892. The van der Waals surface area contributed by atoms with Gasteiger partial charge in [0, 0.05) is 12.0 Å². The van der Waals surface area contributed by atoms with Gasteiger partial charge >= 0.3 is 0 Å². The van der Waals surface area contributed by atoms with Crippen molar-refractivity contribution in [3.8, 4) is 6.07 Å². The second kappa shape index (κ2) is 5.97. The Bertz CT molecular complexity index is 577. The van der Waals surface area contributed by atoms with Crippen molar-refractivity contribution in [2.75, 3.05) is 5.75 Å². The summed E-state index contributed by atoms with van der Waals surface area (Å²) in [7, 11) is 0. The summed E-state index contributed by atoms with van der Waals surface area (Å²) < 4.78 is 0. The normalized spacial score (nSPS) is 21.4. The third-order valence-electron chi connectivity index (χ3n) is 3.97. The molecule has 1 aliphatic carbocycles. The smallest absolute Gasteiger partial charge is 0.165 e. The standard InChI is InChI=1S/C16H20N2OS/c1-4-6-20-15-11(10-17)7-12-13(18-15)8-16(3,5-2)9-14(12)19/h7H,4-6,8-9H2,1-3H3. The Balaban J connectivity index is 2.45. The number of carbonyl (C=O) groups is 1. The number of ketones is 1. The molecule has 4 heteroatoms. The number of nitriles is 1. The summed E-state index contributed by atoms with van der Waals surface area (Å²) in [4.78, 5) is 16.9. The van der Waals surface area contributed by atoms with Crippen LogP contribution in [0.25, 0.3) is 0 Å². The minimum absolute atomic E-state index is 0.0118. The fourth-order valence-electron chi connectivity index (χ4n) is 2.50. The number of rotatable bonds is 4. The fourth-order valence-corrected chi connectivity index (χ4v) is 3.33. The highest BCUT2D eigenvalue weighted by molar-refractivity contribution is 7.99. The van der Waals surface area contributed by atoms with E-state index in [0.717, 1.165) is 35.7 Å². The van der Waals surface area contributed by atoms with E-state index in [1.54, 1.807) is 17.8 Å². The Morgan fingerprint density at radius 3 is 2.80 bits per heavy atom. The quantitative estimate of drug-likeness (QED) is 0.786. The Morgan fingerprint density at radius 2 is 2.20 bits per heavy atom. The predicted octanol–water partition coefficient (Wildman–Crippen LogP) is 4.00. The van der Waals surface area contributed by atoms with Crippen molar-refractivity contribution in [2.45, 2.75) is 51.5 Å². The van der Waals surface area contributed by atoms with Crippen LogP contribution in [0.4, 0.5) is 0 Å². The first-order chi connectivity index (χ1) is 9.53. The highest BCUT2D eigenvalue weighted by atomic mass is 32.2. The lowest BCUT2D eigenvalue weighted by Crippen LogP contribution is -2.30. The molecular weight excluding hydrogens is 268 g/mol. The van der Waals surface area contributed by atoms with Crippen molar-refractivity contribution in [1.82, 2.24) is 4.98 Å². The fraction of sp³-hybridized carbons (Fsp3) is 0.562. The molecule has 0 N–H and O–H groups in total. The largest absolute Gasteiger partial charge is 0.294 e. The molecule has 0 aromatic carbocycles. The van der Waals surface area contributed by atoms with Gasteiger partial charge in [-0.05, 0) is 36.5 Å². The monoisotopic (exact) mass is 288 g/mol. The number of fused-ring (bicyclic) bond motifs is 1. The van der Waals surface area contributed by atoms with Gasteiger partial charge in [0.25, 0.3) is 0 Å². The Hall–Kier alpha value is -1.34. The van der Waals surface area contributed by atoms with Gasteiger partial charge in [0.1, 0.15) is 11.1 Å². The summed E-state index contributed by atoms with van der Waals surface area (Å²) in [6.07, 6.45) is 3.40. The van der Waals surface area contributed by atoms with Gasteiger partial charge in [0.05, 0.1) is 11.3 Å². The molecule has 0 aliphatic heterocycles. The summed E-state index contributed by atoms with van der Waals surface area (Å²) in [5.74, 6) is 1.08. The van der Waals surface area contributed by atoms with Crippen LogP contribution in [0.1, 0.15) is 61.6 Å². The molecule has 1 aromatic rings. The van der Waals surface area contributed by atoms with E-state index in [4.69, 9.17) is 0 Å². The minimum Gasteiger partial charge on any atom is -0.294 e. The van der Waals surface area contributed by atoms with Crippen LogP contribution >= 0.6 is 11.8 Å². The molecule has 3 nitrogen and oxygen atoms in total. The molecule has 0 saturated carbocycles. The van der Waals surface area contributed by atoms with Crippen molar-refractivity contribution in [2.24, 2.45) is 5.41 Å². The molecule has 0 radical (unpaired) electrons. The van der Waals surface area contributed by atoms with Gasteiger partial charge in [-0.15, -0.1) is 11.8 Å². The molecule has 1 aromatic heterocycles. The first-order valence-electron chi connectivity index (χ1n) is 7.13. The molecule has 0 fully saturated rings. The maximum absolute atomic E-state index is 12.3. The highest BCUT2D eigenvalue weighted by Crippen LogP contribution is 2.38. The summed E-state index contributed by atoms with van der Waals surface area (Å²) in [6, 6.07) is 3.92. The van der Waals surface area contributed by atoms with E-state index >= 15 is 0 Å². The van der Waals surface area contributed by atoms with E-state index in [-0.39, 0.29) is 11.2 Å². The number of thioether (sulfide) groups is 1. The van der Waals surface area contributed by atoms with Crippen molar-refractivity contribution in [1.29, 1.82) is 5.26 Å². The summed E-state index contributed by atoms with van der Waals surface area (Å²) in [5, 5.41) is 10.0. The van der Waals surface area contributed by atoms with Gasteiger partial charge in [0.15, 0.2) is 5.78 Å². The van der Waals surface area contributed by atoms with Crippen molar-refractivity contribution < 1.29 is 4.79 Å². The highest BCUT2D eigenvalue weighted by Gasteiger charge is 2.34. The molecule has 20 heavy (non-hydrogen) atoms. The molecular formula is C16H20N2OS. The Labute approximate surface area is 124 Å². The molecule has 1 aliphatic rings. The SMILES string of the molecule is CCCSc1nc2c(cc1C#N)C(=O)CC(C)(CC)C2. The lowest BCUT2D eigenvalue weighted by Gasteiger charge is -2.32. The number of aromatic nitrogens is 1. The number of carbonyl (C=O) groups excluding carboxylic acids is 1. The van der Waals surface area contributed by atoms with Crippen LogP contribution in [0.2, 0.25) is 0 Å². The number of nitrogens with zero attached hydrogens (tertiary/aromatic N) is 2. The Morgan fingerprint density at radius 1 is 1.45 bits per heavy atom. The van der Waals surface area contributed by atoms with Crippen LogP contribution in [0.5, 0.6) is 0 Å². The van der Waals surface area contributed by atoms with Crippen LogP contribution in [-0.4, -0.2) is 16.5 Å². The van der Waals surface area contributed by atoms with Gasteiger partial charge in [-0.3, -0.25) is 4.79 Å². The van der Waals surface area contributed by atoms with Crippen molar-refractivity contribution in [3.63, 3.8) is 0 Å². The molecule has 1 unspecified atom stereocenters. The molecule has 0 saturated heterocycles. The molecule has 2 rings (SSSR count). The number of pyridine rings is 1. The molecule has 0 bridgehead atoms. The van der Waals surface area contributed by atoms with Gasteiger partial charge in [0.2, 0.25) is 0 Å². The second-order valence-corrected chi connectivity index (χ2v) is 6.82. The van der Waals surface area contributed by atoms with Gasteiger partial charge in [-0.1, -0.05) is 20.8 Å². The topological polar surface area (TPSA) is 53.8 Å². The van der Waals surface area contributed by atoms with E-state index in [0.29, 0.717) is 17.5 Å². The third kappa shape index (κ3) is 2.88. The lowest BCUT2D eigenvalue weighted by atomic mass is 9.72. The van der Waals surface area contributed by atoms with E-state index in [1.165, 1.54) is 0 Å². The summed E-state index contributed by atoms with van der Waals surface area (Å²) in [6.45, 7) is 6.37. The van der Waals surface area contributed by atoms with Gasteiger partial charge in [-0.2, -0.15) is 5.26 Å². The third-order valence-corrected chi connectivity index (χ3v) is 5.16. The average Bonchev–Trinajstić information content (AvgIpc) is 2.44. The van der Waals surface area contributed by atoms with Crippen LogP contribution in [0.3, 0.4) is 0 Å². The van der Waals surface area contributed by atoms with Gasteiger partial charge in [-0.25, -0.2) is 4.98 Å². The van der Waals surface area contributed by atoms with Gasteiger partial charge < -0.3 is 0 Å². The molecule has 1 atom stereocenters. The van der Waals surface area contributed by atoms with Crippen LogP contribution in [-0.2, 0) is 6.42 Å². The number of Topliss-reactive ketones (excluding diaryl/α,β-unsaturated/α-hetero) is 1. The summed E-state index contributed by atoms with van der Waals surface area (Å²) >= 11 is 1.61. The van der Waals surface area contributed by atoms with E-state index in [2.05, 4.69) is 31.8 Å². The van der Waals surface area contributed by atoms with E-state index in [9.17, 15) is 10.1 Å². The van der Waals surface area contributed by atoms with Crippen molar-refractivity contribution >= 4 is 17.5 Å². The maximum atomic E-state index is 12.3. The zero-order chi connectivity index (χ0) is 14.8. The summed E-state index contributed by atoms with van der Waals surface area (Å²) in [5.41, 5.74) is 2.09. The zero-order valence-corrected chi connectivity index (χ0v) is 13.1. The Kier molecular flexibility index (Phi) is 4.49. The van der Waals surface area contributed by atoms with Crippen LogP contribution in [0.15, 0.2) is 11.1 Å². The number of hydrogen-bond donors (Lipinski definition) is 0. The van der Waals surface area contributed by atoms with Crippen molar-refractivity contribution in [3.05, 3.63) is 22.9 Å². The molecule has 1 heterocycles. The maximum Gasteiger partial charge on any atom is 0.165 e. The minimum atomic E-state index is 0.0118. The van der Waals surface area contributed by atoms with E-state index < -0.39 is 0 Å². The van der Waals surface area contributed by atoms with Crippen LogP contribution in [0, 0.1) is 16.7 Å². The number of hydrogen-bond acceptors (Lipinski definition) is 4. The predicted molar refractivity (Wildman–Crippen MR) is 81.0 cm³/mol. The van der Waals surface area contributed by atoms with Crippen LogP contribution < -0.4 is 0 Å². The first-order valence-corrected chi connectivity index (χ1v) is 8.11. The molecule has 106 valence electrons. The van der Waals surface area contributed by atoms with E-state index in [1.807, 2.05) is 0 Å². The average molecular weight is 288 g/mol. The molecule has 0 spiro atoms. The first kappa shape index (κ1) is 15.1. The zero-order valence-electron chi connectivity index (χ0n) is 12.3. The second-order valence-electron chi connectivity index (χ2n) is 5.74. The molecule has 0 amide bonds.